The molecular weight excluding hydrogens is 280 g/mol. The third-order valence-electron chi connectivity index (χ3n) is 2.83. The zero-order chi connectivity index (χ0) is 14.8. The monoisotopic (exact) mass is 298 g/mol. The normalized spacial score (nSPS) is 19.8. The van der Waals surface area contributed by atoms with E-state index in [9.17, 15) is 4.79 Å². The van der Waals surface area contributed by atoms with Crippen molar-refractivity contribution in [2.45, 2.75) is 32.4 Å². The summed E-state index contributed by atoms with van der Waals surface area (Å²) in [5.74, 6) is 0.377. The SMILES string of the molecule is CC(C)(C)OC(=O)C1CNCCN1c1ccnc(Cl)n1. The van der Waals surface area contributed by atoms with Gasteiger partial charge in [0.1, 0.15) is 17.5 Å². The number of nitrogens with zero attached hydrogens (tertiary/aromatic N) is 3. The molecule has 0 bridgehead atoms. The van der Waals surface area contributed by atoms with E-state index >= 15 is 0 Å². The van der Waals surface area contributed by atoms with E-state index in [1.807, 2.05) is 25.7 Å². The zero-order valence-corrected chi connectivity index (χ0v) is 12.6. The summed E-state index contributed by atoms with van der Waals surface area (Å²) in [4.78, 5) is 22.2. The van der Waals surface area contributed by atoms with E-state index in [0.717, 1.165) is 6.54 Å². The van der Waals surface area contributed by atoms with Gasteiger partial charge in [-0.1, -0.05) is 0 Å². The molecule has 6 nitrogen and oxygen atoms in total. The largest absolute Gasteiger partial charge is 0.458 e. The topological polar surface area (TPSA) is 67.3 Å². The number of hydrogen-bond donors (Lipinski definition) is 1. The molecule has 2 heterocycles. The van der Waals surface area contributed by atoms with Crippen LogP contribution in [0.15, 0.2) is 12.3 Å². The van der Waals surface area contributed by atoms with Gasteiger partial charge in [0.2, 0.25) is 5.28 Å². The lowest BCUT2D eigenvalue weighted by molar-refractivity contribution is -0.156. The highest BCUT2D eigenvalue weighted by Gasteiger charge is 2.33. The van der Waals surface area contributed by atoms with Gasteiger partial charge in [0.05, 0.1) is 0 Å². The van der Waals surface area contributed by atoms with Gasteiger partial charge >= 0.3 is 5.97 Å². The minimum atomic E-state index is -0.510. The van der Waals surface area contributed by atoms with Crippen LogP contribution >= 0.6 is 11.6 Å². The highest BCUT2D eigenvalue weighted by atomic mass is 35.5. The van der Waals surface area contributed by atoms with Crippen LogP contribution in [0.25, 0.3) is 0 Å². The van der Waals surface area contributed by atoms with Crippen molar-refractivity contribution in [1.82, 2.24) is 15.3 Å². The fourth-order valence-electron chi connectivity index (χ4n) is 2.04. The summed E-state index contributed by atoms with van der Waals surface area (Å²) in [6, 6.07) is 1.34. The Kier molecular flexibility index (Phi) is 4.45. The highest BCUT2D eigenvalue weighted by Crippen LogP contribution is 2.19. The summed E-state index contributed by atoms with van der Waals surface area (Å²) in [5.41, 5.74) is -0.510. The minimum Gasteiger partial charge on any atom is -0.458 e. The van der Waals surface area contributed by atoms with Crippen molar-refractivity contribution in [2.24, 2.45) is 0 Å². The first-order chi connectivity index (χ1) is 9.37. The van der Waals surface area contributed by atoms with Crippen molar-refractivity contribution in [1.29, 1.82) is 0 Å². The maximum atomic E-state index is 12.3. The first kappa shape index (κ1) is 15.0. The number of anilines is 1. The van der Waals surface area contributed by atoms with Gasteiger partial charge < -0.3 is 15.0 Å². The van der Waals surface area contributed by atoms with Crippen molar-refractivity contribution < 1.29 is 9.53 Å². The van der Waals surface area contributed by atoms with Gasteiger partial charge in [-0.3, -0.25) is 0 Å². The average molecular weight is 299 g/mol. The number of esters is 1. The predicted octanol–water partition coefficient (Wildman–Crippen LogP) is 1.25. The van der Waals surface area contributed by atoms with Crippen molar-refractivity contribution in [3.63, 3.8) is 0 Å². The molecule has 0 aliphatic carbocycles. The van der Waals surface area contributed by atoms with Gasteiger partial charge in [0, 0.05) is 25.8 Å². The Hall–Kier alpha value is -1.40. The number of nitrogens with one attached hydrogen (secondary N) is 1. The van der Waals surface area contributed by atoms with Crippen molar-refractivity contribution >= 4 is 23.4 Å². The molecule has 110 valence electrons. The van der Waals surface area contributed by atoms with Gasteiger partial charge in [-0.05, 0) is 38.4 Å². The number of halogens is 1. The van der Waals surface area contributed by atoms with Crippen molar-refractivity contribution in [3.8, 4) is 0 Å². The lowest BCUT2D eigenvalue weighted by Gasteiger charge is -2.36. The van der Waals surface area contributed by atoms with Crippen LogP contribution in [0.1, 0.15) is 20.8 Å². The average Bonchev–Trinajstić information content (AvgIpc) is 2.37. The summed E-state index contributed by atoms with van der Waals surface area (Å²) in [6.07, 6.45) is 1.58. The van der Waals surface area contributed by atoms with Gasteiger partial charge in [-0.15, -0.1) is 0 Å². The quantitative estimate of drug-likeness (QED) is 0.655. The maximum absolute atomic E-state index is 12.3. The zero-order valence-electron chi connectivity index (χ0n) is 11.9. The Morgan fingerprint density at radius 3 is 2.95 bits per heavy atom. The second-order valence-electron chi connectivity index (χ2n) is 5.63. The molecule has 0 radical (unpaired) electrons. The van der Waals surface area contributed by atoms with Crippen LogP contribution in [0.4, 0.5) is 5.82 Å². The Bertz CT molecular complexity index is 490. The van der Waals surface area contributed by atoms with Crippen LogP contribution in [-0.2, 0) is 9.53 Å². The van der Waals surface area contributed by atoms with Gasteiger partial charge in [-0.25, -0.2) is 14.8 Å². The number of rotatable bonds is 2. The summed E-state index contributed by atoms with van der Waals surface area (Å²) in [6.45, 7) is 7.53. The molecular formula is C13H19ClN4O2. The first-order valence-electron chi connectivity index (χ1n) is 6.55. The summed E-state index contributed by atoms with van der Waals surface area (Å²) >= 11 is 5.82. The predicted molar refractivity (Wildman–Crippen MR) is 76.9 cm³/mol. The van der Waals surface area contributed by atoms with Crippen LogP contribution < -0.4 is 10.2 Å². The van der Waals surface area contributed by atoms with E-state index in [1.165, 1.54) is 0 Å². The van der Waals surface area contributed by atoms with E-state index in [2.05, 4.69) is 15.3 Å². The smallest absolute Gasteiger partial charge is 0.330 e. The van der Waals surface area contributed by atoms with Crippen LogP contribution in [-0.4, -0.2) is 47.2 Å². The Labute approximate surface area is 123 Å². The molecule has 2 rings (SSSR count). The molecule has 0 saturated carbocycles. The minimum absolute atomic E-state index is 0.170. The maximum Gasteiger partial charge on any atom is 0.330 e. The van der Waals surface area contributed by atoms with Crippen LogP contribution in [0.2, 0.25) is 5.28 Å². The second-order valence-corrected chi connectivity index (χ2v) is 5.97. The van der Waals surface area contributed by atoms with Gasteiger partial charge in [0.25, 0.3) is 0 Å². The molecule has 1 aromatic rings. The first-order valence-corrected chi connectivity index (χ1v) is 6.93. The molecule has 1 aromatic heterocycles. The molecule has 1 unspecified atom stereocenters. The molecule has 20 heavy (non-hydrogen) atoms. The third-order valence-corrected chi connectivity index (χ3v) is 3.01. The molecule has 1 atom stereocenters. The highest BCUT2D eigenvalue weighted by molar-refractivity contribution is 6.28. The fourth-order valence-corrected chi connectivity index (χ4v) is 2.19. The fraction of sp³-hybridized carbons (Fsp3) is 0.615. The van der Waals surface area contributed by atoms with E-state index in [-0.39, 0.29) is 11.3 Å². The second kappa shape index (κ2) is 5.93. The molecule has 0 aromatic carbocycles. The lowest BCUT2D eigenvalue weighted by Crippen LogP contribution is -2.56. The lowest BCUT2D eigenvalue weighted by atomic mass is 10.1. The number of piperazine rings is 1. The molecule has 7 heteroatoms. The molecule has 1 N–H and O–H groups in total. The number of ether oxygens (including phenoxy) is 1. The standard InChI is InChI=1S/C13H19ClN4O2/c1-13(2,3)20-11(19)9-8-15-6-7-18(9)10-4-5-16-12(14)17-10/h4-5,9,15H,6-8H2,1-3H3. The summed E-state index contributed by atoms with van der Waals surface area (Å²) in [5, 5.41) is 3.37. The molecule has 1 aliphatic rings. The molecule has 1 aliphatic heterocycles. The molecule has 0 amide bonds. The number of aromatic nitrogens is 2. The van der Waals surface area contributed by atoms with E-state index in [1.54, 1.807) is 12.3 Å². The molecule has 1 saturated heterocycles. The molecule has 1 fully saturated rings. The van der Waals surface area contributed by atoms with Crippen LogP contribution in [0, 0.1) is 0 Å². The number of carbonyl (C=O) groups excluding carboxylic acids is 1. The van der Waals surface area contributed by atoms with Crippen LogP contribution in [0.5, 0.6) is 0 Å². The van der Waals surface area contributed by atoms with E-state index in [4.69, 9.17) is 16.3 Å². The van der Waals surface area contributed by atoms with Crippen molar-refractivity contribution in [3.05, 3.63) is 17.5 Å². The number of carbonyl (C=O) groups is 1. The van der Waals surface area contributed by atoms with Crippen molar-refractivity contribution in [2.75, 3.05) is 24.5 Å². The Morgan fingerprint density at radius 2 is 2.30 bits per heavy atom. The Balaban J connectivity index is 2.19. The van der Waals surface area contributed by atoms with E-state index in [0.29, 0.717) is 18.9 Å². The van der Waals surface area contributed by atoms with E-state index < -0.39 is 11.6 Å². The third kappa shape index (κ3) is 3.80. The summed E-state index contributed by atoms with van der Waals surface area (Å²) < 4.78 is 5.46. The summed E-state index contributed by atoms with van der Waals surface area (Å²) in [7, 11) is 0. The van der Waals surface area contributed by atoms with Gasteiger partial charge in [0.15, 0.2) is 0 Å². The van der Waals surface area contributed by atoms with Gasteiger partial charge in [-0.2, -0.15) is 0 Å². The molecule has 0 spiro atoms. The Morgan fingerprint density at radius 1 is 1.55 bits per heavy atom. The number of hydrogen-bond acceptors (Lipinski definition) is 6. The van der Waals surface area contributed by atoms with Crippen LogP contribution in [0.3, 0.4) is 0 Å².